The quantitative estimate of drug-likeness (QED) is 0.452. The molecule has 0 spiro atoms. The van der Waals surface area contributed by atoms with Crippen molar-refractivity contribution in [3.8, 4) is 0 Å². The molecule has 0 aromatic carbocycles. The van der Waals surface area contributed by atoms with Gasteiger partial charge in [0.15, 0.2) is 18.8 Å². The highest BCUT2D eigenvalue weighted by molar-refractivity contribution is 5.70. The third kappa shape index (κ3) is 1.07. The molecule has 0 unspecified atom stereocenters. The van der Waals surface area contributed by atoms with Gasteiger partial charge in [-0.2, -0.15) is 0 Å². The molecule has 0 fully saturated rings. The van der Waals surface area contributed by atoms with E-state index in [0.29, 0.717) is 18.7 Å². The Morgan fingerprint density at radius 2 is 2.62 bits per heavy atom. The minimum absolute atomic E-state index is 0.199. The maximum Gasteiger partial charge on any atom is 0.189 e. The summed E-state index contributed by atoms with van der Waals surface area (Å²) < 4.78 is 9.44. The first kappa shape index (κ1) is 5.31. The van der Waals surface area contributed by atoms with Crippen LogP contribution in [0.15, 0.2) is 11.8 Å². The third-order valence-electron chi connectivity index (χ3n) is 0.827. The van der Waals surface area contributed by atoms with E-state index < -0.39 is 0 Å². The Hall–Kier alpha value is -0.830. The van der Waals surface area contributed by atoms with Crippen molar-refractivity contribution in [2.24, 2.45) is 0 Å². The topological polar surface area (TPSA) is 35.5 Å². The Bertz CT molecular complexity index is 117. The lowest BCUT2D eigenvalue weighted by molar-refractivity contribution is -0.112. The largest absolute Gasteiger partial charge is 0.464 e. The molecule has 0 bridgehead atoms. The second kappa shape index (κ2) is 2.47. The molecule has 3 heteroatoms. The van der Waals surface area contributed by atoms with Crippen molar-refractivity contribution in [1.29, 1.82) is 0 Å². The molecule has 1 aliphatic rings. The first-order valence-corrected chi connectivity index (χ1v) is 2.29. The summed E-state index contributed by atoms with van der Waals surface area (Å²) in [6.07, 6.45) is 2.26. The van der Waals surface area contributed by atoms with E-state index in [4.69, 9.17) is 9.47 Å². The van der Waals surface area contributed by atoms with Gasteiger partial charge in [0, 0.05) is 0 Å². The van der Waals surface area contributed by atoms with E-state index in [9.17, 15) is 4.79 Å². The van der Waals surface area contributed by atoms with Gasteiger partial charge in [-0.1, -0.05) is 0 Å². The lowest BCUT2D eigenvalue weighted by atomic mass is 10.5. The standard InChI is InChI=1S/C5H6O3/c6-3-5-1-2-7-4-8-5/h1,3H,2,4H2. The number of hydrogen-bond donors (Lipinski definition) is 0. The molecule has 0 aromatic heterocycles. The lowest BCUT2D eigenvalue weighted by Gasteiger charge is -2.09. The summed E-state index contributed by atoms with van der Waals surface area (Å²) in [6.45, 7) is 0.679. The molecule has 0 radical (unpaired) electrons. The van der Waals surface area contributed by atoms with E-state index in [1.165, 1.54) is 0 Å². The molecular weight excluding hydrogens is 108 g/mol. The molecule has 0 saturated carbocycles. The Balaban J connectivity index is 2.49. The van der Waals surface area contributed by atoms with E-state index in [2.05, 4.69) is 0 Å². The van der Waals surface area contributed by atoms with Gasteiger partial charge in [-0.05, 0) is 6.08 Å². The highest BCUT2D eigenvalue weighted by Crippen LogP contribution is 1.98. The average molecular weight is 114 g/mol. The van der Waals surface area contributed by atoms with Crippen LogP contribution in [0.3, 0.4) is 0 Å². The SMILES string of the molecule is O=CC1=CCOCO1. The third-order valence-corrected chi connectivity index (χ3v) is 0.827. The first-order valence-electron chi connectivity index (χ1n) is 2.29. The molecule has 44 valence electrons. The van der Waals surface area contributed by atoms with Gasteiger partial charge >= 0.3 is 0 Å². The Kier molecular flexibility index (Phi) is 1.64. The summed E-state index contributed by atoms with van der Waals surface area (Å²) >= 11 is 0. The minimum atomic E-state index is 0.199. The number of carbonyl (C=O) groups excluding carboxylic acids is 1. The van der Waals surface area contributed by atoms with Crippen LogP contribution in [0.1, 0.15) is 0 Å². The van der Waals surface area contributed by atoms with Crippen molar-refractivity contribution in [3.63, 3.8) is 0 Å². The van der Waals surface area contributed by atoms with Crippen molar-refractivity contribution in [1.82, 2.24) is 0 Å². The summed E-state index contributed by atoms with van der Waals surface area (Å²) in [5, 5.41) is 0. The molecule has 0 N–H and O–H groups in total. The zero-order chi connectivity index (χ0) is 5.82. The number of ether oxygens (including phenoxy) is 2. The van der Waals surface area contributed by atoms with Gasteiger partial charge in [0.1, 0.15) is 0 Å². The zero-order valence-electron chi connectivity index (χ0n) is 4.29. The molecule has 0 aromatic rings. The molecule has 0 saturated heterocycles. The molecule has 0 aliphatic carbocycles. The molecule has 1 heterocycles. The Labute approximate surface area is 46.9 Å². The molecule has 8 heavy (non-hydrogen) atoms. The van der Waals surface area contributed by atoms with Crippen LogP contribution in [0.5, 0.6) is 0 Å². The molecule has 0 atom stereocenters. The fraction of sp³-hybridized carbons (Fsp3) is 0.400. The normalized spacial score (nSPS) is 18.8. The number of rotatable bonds is 1. The fourth-order valence-corrected chi connectivity index (χ4v) is 0.440. The van der Waals surface area contributed by atoms with Crippen molar-refractivity contribution in [2.45, 2.75) is 0 Å². The van der Waals surface area contributed by atoms with Crippen LogP contribution in [-0.4, -0.2) is 19.7 Å². The molecule has 3 nitrogen and oxygen atoms in total. The highest BCUT2D eigenvalue weighted by Gasteiger charge is 1.99. The molecule has 1 rings (SSSR count). The van der Waals surface area contributed by atoms with Gasteiger partial charge in [-0.15, -0.1) is 0 Å². The summed E-state index contributed by atoms with van der Waals surface area (Å²) in [4.78, 5) is 9.91. The number of allylic oxidation sites excluding steroid dienone is 1. The van der Waals surface area contributed by atoms with E-state index in [-0.39, 0.29) is 6.79 Å². The fourth-order valence-electron chi connectivity index (χ4n) is 0.440. The molecule has 1 aliphatic heterocycles. The zero-order valence-corrected chi connectivity index (χ0v) is 4.29. The second-order valence-electron chi connectivity index (χ2n) is 1.36. The monoisotopic (exact) mass is 114 g/mol. The number of carbonyl (C=O) groups is 1. The maximum absolute atomic E-state index is 9.91. The van der Waals surface area contributed by atoms with Gasteiger partial charge in [0.25, 0.3) is 0 Å². The average Bonchev–Trinajstić information content (AvgIpc) is 1.90. The van der Waals surface area contributed by atoms with E-state index in [1.54, 1.807) is 6.08 Å². The van der Waals surface area contributed by atoms with Crippen molar-refractivity contribution in [2.75, 3.05) is 13.4 Å². The van der Waals surface area contributed by atoms with Crippen LogP contribution in [0, 0.1) is 0 Å². The van der Waals surface area contributed by atoms with Gasteiger partial charge in [0.05, 0.1) is 6.61 Å². The van der Waals surface area contributed by atoms with Crippen LogP contribution in [0.25, 0.3) is 0 Å². The summed E-state index contributed by atoms with van der Waals surface area (Å²) in [7, 11) is 0. The van der Waals surface area contributed by atoms with E-state index in [0.717, 1.165) is 0 Å². The van der Waals surface area contributed by atoms with E-state index in [1.807, 2.05) is 0 Å². The van der Waals surface area contributed by atoms with Gasteiger partial charge in [-0.3, -0.25) is 4.79 Å². The van der Waals surface area contributed by atoms with Crippen LogP contribution >= 0.6 is 0 Å². The Morgan fingerprint density at radius 1 is 1.75 bits per heavy atom. The smallest absolute Gasteiger partial charge is 0.189 e. The van der Waals surface area contributed by atoms with Crippen LogP contribution in [-0.2, 0) is 14.3 Å². The van der Waals surface area contributed by atoms with Crippen LogP contribution in [0.2, 0.25) is 0 Å². The van der Waals surface area contributed by atoms with Crippen molar-refractivity contribution < 1.29 is 14.3 Å². The van der Waals surface area contributed by atoms with Crippen LogP contribution < -0.4 is 0 Å². The number of aldehydes is 1. The van der Waals surface area contributed by atoms with Crippen LogP contribution in [0.4, 0.5) is 0 Å². The first-order chi connectivity index (χ1) is 3.93. The second-order valence-corrected chi connectivity index (χ2v) is 1.36. The van der Waals surface area contributed by atoms with Crippen molar-refractivity contribution in [3.05, 3.63) is 11.8 Å². The lowest BCUT2D eigenvalue weighted by Crippen LogP contribution is -2.07. The maximum atomic E-state index is 9.91. The minimum Gasteiger partial charge on any atom is -0.464 e. The van der Waals surface area contributed by atoms with E-state index >= 15 is 0 Å². The van der Waals surface area contributed by atoms with Gasteiger partial charge in [0.2, 0.25) is 0 Å². The van der Waals surface area contributed by atoms with Gasteiger partial charge < -0.3 is 9.47 Å². The highest BCUT2D eigenvalue weighted by atomic mass is 16.7. The van der Waals surface area contributed by atoms with Gasteiger partial charge in [-0.25, -0.2) is 0 Å². The summed E-state index contributed by atoms with van der Waals surface area (Å²) in [5.74, 6) is 0.372. The summed E-state index contributed by atoms with van der Waals surface area (Å²) in [6, 6.07) is 0. The Morgan fingerprint density at radius 3 is 3.00 bits per heavy atom. The predicted molar refractivity (Wildman–Crippen MR) is 26.1 cm³/mol. The number of hydrogen-bond acceptors (Lipinski definition) is 3. The predicted octanol–water partition coefficient (Wildman–Crippen LogP) is 0.0735. The molecular formula is C5H6O3. The van der Waals surface area contributed by atoms with Crippen molar-refractivity contribution >= 4 is 6.29 Å². The molecule has 0 amide bonds. The summed E-state index contributed by atoms with van der Waals surface area (Å²) in [5.41, 5.74) is 0.